The van der Waals surface area contributed by atoms with E-state index in [1.54, 1.807) is 0 Å². The summed E-state index contributed by atoms with van der Waals surface area (Å²) in [6, 6.07) is 12.2. The van der Waals surface area contributed by atoms with Crippen molar-refractivity contribution >= 4 is 142 Å². The van der Waals surface area contributed by atoms with Crippen LogP contribution in [0.3, 0.4) is 0 Å². The van der Waals surface area contributed by atoms with Crippen LogP contribution in [0.4, 0.5) is 11.4 Å². The van der Waals surface area contributed by atoms with Crippen molar-refractivity contribution < 1.29 is 63.0 Å². The number of nitrogen functional groups attached to an aromatic ring is 2. The number of benzene rings is 5. The van der Waals surface area contributed by atoms with Crippen molar-refractivity contribution in [2.24, 2.45) is 0 Å². The first-order valence-corrected chi connectivity index (χ1v) is 27.0. The number of aliphatic carboxylic acids is 1. The number of rotatable bonds is 6. The van der Waals surface area contributed by atoms with Gasteiger partial charge >= 0.3 is 29.6 Å². The number of carbonyl (C=O) groups excluding carboxylic acids is 3. The van der Waals surface area contributed by atoms with Crippen molar-refractivity contribution in [3.63, 3.8) is 0 Å². The van der Waals surface area contributed by atoms with E-state index < -0.39 is 11.2 Å². The Hall–Kier alpha value is -2.97. The fraction of sp³-hybridized carbons (Fsp3) is 0.375. The standard InChI is InChI=1S/C12H14ClIO.C11H12ClNO.C11H13NO2.C9H12IN.C9H13N.C2H2Cl2O.C2H4O2.Na/c1-7-4-10(5-11(15)6-13)12(14)9(3)8(7)2;1-6-4-9-11(8(3)7(6)2)14-10(5-12)13-9;1-6-4-9-11(8(3)7(6)2)14-10(5-13)12-9;1-5-4-8(11)9(10)7(3)6(5)2;1-6-4-9(10)5-7(2)8(6)3;3-1-2(4)5;1-2(3)4;/h4H,5-6H2,1-3H3;4H,5H2,1-3H3;4,13H,5H2,1-3H3;4H,11H2,1-3H3;4-5H,10H2,1-3H3;1H2;1H3,(H,3,4);/q;;;;;;;+1/p-1. The zero-order chi connectivity index (χ0) is 56.3. The maximum absolute atomic E-state index is 11.3. The Morgan fingerprint density at radius 3 is 1.31 bits per heavy atom. The second-order valence-electron chi connectivity index (χ2n) is 17.5. The summed E-state index contributed by atoms with van der Waals surface area (Å²) in [5.74, 6) is 0.302. The number of anilines is 2. The zero-order valence-electron chi connectivity index (χ0n) is 45.7. The van der Waals surface area contributed by atoms with Crippen LogP contribution >= 0.6 is 91.6 Å². The summed E-state index contributed by atoms with van der Waals surface area (Å²) in [7, 11) is 0. The number of aliphatic hydroxyl groups excluding tert-OH is 1. The van der Waals surface area contributed by atoms with E-state index in [2.05, 4.69) is 151 Å². The molecule has 0 radical (unpaired) electrons. The molecule has 0 spiro atoms. The van der Waals surface area contributed by atoms with E-state index in [-0.39, 0.29) is 53.7 Å². The number of Topliss-reactive ketones (excluding diaryl/α,β-unsaturated/α-hetero) is 1. The summed E-state index contributed by atoms with van der Waals surface area (Å²) in [5.41, 5.74) is 36.5. The molecule has 7 rings (SSSR count). The van der Waals surface area contributed by atoms with Crippen LogP contribution in [-0.4, -0.2) is 43.8 Å². The van der Waals surface area contributed by atoms with Gasteiger partial charge in [-0.1, -0.05) is 6.07 Å². The summed E-state index contributed by atoms with van der Waals surface area (Å²) in [6.45, 7) is 32.1. The van der Waals surface area contributed by atoms with Crippen LogP contribution in [0.15, 0.2) is 45.2 Å². The number of halogens is 6. The van der Waals surface area contributed by atoms with Crippen LogP contribution in [0, 0.1) is 111 Å². The third-order valence-electron chi connectivity index (χ3n) is 12.2. The number of aryl methyl sites for hydroxylation is 8. The summed E-state index contributed by atoms with van der Waals surface area (Å²) in [5, 5.41) is 17.3. The van der Waals surface area contributed by atoms with Crippen LogP contribution in [0.2, 0.25) is 0 Å². The smallest absolute Gasteiger partial charge is 0.550 e. The first-order chi connectivity index (χ1) is 33.9. The Bertz CT molecular complexity index is 2900. The molecule has 0 aliphatic carbocycles. The molecule has 0 atom stereocenters. The summed E-state index contributed by atoms with van der Waals surface area (Å²) < 4.78 is 13.3. The number of carbonyl (C=O) groups is 3. The van der Waals surface area contributed by atoms with Gasteiger partial charge in [0.05, 0.1) is 17.6 Å². The Balaban J connectivity index is 0.000000866. The van der Waals surface area contributed by atoms with E-state index in [4.69, 9.17) is 81.7 Å². The number of nitrogens with zero attached hydrogens (tertiary/aromatic N) is 2. The number of alkyl halides is 3. The first kappa shape index (κ1) is 71.0. The average molecular weight is 1330 g/mol. The molecule has 74 heavy (non-hydrogen) atoms. The van der Waals surface area contributed by atoms with Gasteiger partial charge in [0.1, 0.15) is 17.6 Å². The number of aliphatic hydroxyl groups is 1. The number of hydrogen-bond donors (Lipinski definition) is 3. The Labute approximate surface area is 507 Å². The summed E-state index contributed by atoms with van der Waals surface area (Å²) >= 11 is 25.3. The first-order valence-electron chi connectivity index (χ1n) is 22.9. The quantitative estimate of drug-likeness (QED) is 0.0471. The van der Waals surface area contributed by atoms with Crippen molar-refractivity contribution in [2.75, 3.05) is 23.2 Å². The molecule has 0 amide bonds. The predicted molar refractivity (Wildman–Crippen MR) is 320 cm³/mol. The van der Waals surface area contributed by atoms with E-state index in [1.807, 2.05) is 44.2 Å². The summed E-state index contributed by atoms with van der Waals surface area (Å²) in [6.07, 6.45) is 0.448. The van der Waals surface area contributed by atoms with Gasteiger partial charge in [0.15, 0.2) is 16.9 Å². The number of hydrogen-bond acceptors (Lipinski definition) is 11. The molecule has 0 saturated carbocycles. The van der Waals surface area contributed by atoms with Gasteiger partial charge in [-0.15, -0.1) is 34.8 Å². The van der Waals surface area contributed by atoms with Gasteiger partial charge in [-0.3, -0.25) is 9.59 Å². The number of carboxylic acids is 1. The molecule has 18 heteroatoms. The van der Waals surface area contributed by atoms with Gasteiger partial charge in [0, 0.05) is 30.9 Å². The van der Waals surface area contributed by atoms with Crippen LogP contribution in [0.1, 0.15) is 108 Å². The second-order valence-corrected chi connectivity index (χ2v) is 20.8. The van der Waals surface area contributed by atoms with Crippen LogP contribution < -0.4 is 46.1 Å². The van der Waals surface area contributed by atoms with Crippen molar-refractivity contribution in [2.45, 2.75) is 130 Å². The molecular weight excluding hydrogens is 1260 g/mol. The zero-order valence-corrected chi connectivity index (χ0v) is 55.1. The molecule has 5 aromatic carbocycles. The van der Waals surface area contributed by atoms with Gasteiger partial charge in [-0.05, 0) is 287 Å². The normalized spacial score (nSPS) is 10.0. The number of ketones is 1. The number of carboxylic acid groups (broad SMARTS) is 1. The van der Waals surface area contributed by atoms with E-state index >= 15 is 0 Å². The van der Waals surface area contributed by atoms with Crippen LogP contribution in [0.5, 0.6) is 0 Å². The fourth-order valence-electron chi connectivity index (χ4n) is 6.85. The largest absolute Gasteiger partial charge is 1.00 e. The Morgan fingerprint density at radius 1 is 0.568 bits per heavy atom. The number of fused-ring (bicyclic) bond motifs is 2. The van der Waals surface area contributed by atoms with Gasteiger partial charge < -0.3 is 35.3 Å². The SMILES string of the molecule is CC(=O)[O-].Cc1cc(CC(=O)CCl)c(I)c(C)c1C.Cc1cc(N)c(I)c(C)c1C.Cc1cc(N)cc(C)c1C.Cc1cc2nc(CCl)oc2c(C)c1C.Cc1cc2nc(CO)oc2c(C)c1C.O=C(Cl)CCl.[Na+]. The maximum Gasteiger partial charge on any atom is 1.00 e. The van der Waals surface area contributed by atoms with E-state index in [0.29, 0.717) is 24.1 Å². The van der Waals surface area contributed by atoms with Crippen LogP contribution in [-0.2, 0) is 33.3 Å². The molecule has 0 bridgehead atoms. The predicted octanol–water partition coefficient (Wildman–Crippen LogP) is 11.0. The third-order valence-corrected chi connectivity index (χ3v) is 16.2. The van der Waals surface area contributed by atoms with E-state index in [1.165, 1.54) is 79.5 Å². The van der Waals surface area contributed by atoms with Crippen molar-refractivity contribution in [3.8, 4) is 0 Å². The van der Waals surface area contributed by atoms with Gasteiger partial charge in [-0.2, -0.15) is 0 Å². The third kappa shape index (κ3) is 21.8. The molecule has 11 nitrogen and oxygen atoms in total. The molecule has 0 aliphatic rings. The monoisotopic (exact) mass is 1330 g/mol. The molecule has 2 aromatic heterocycles. The van der Waals surface area contributed by atoms with Crippen LogP contribution in [0.25, 0.3) is 22.2 Å². The molecule has 5 N–H and O–H groups in total. The molecule has 398 valence electrons. The number of aromatic nitrogens is 2. The average Bonchev–Trinajstić information content (AvgIpc) is 3.96. The summed E-state index contributed by atoms with van der Waals surface area (Å²) in [4.78, 5) is 38.1. The van der Waals surface area contributed by atoms with Crippen molar-refractivity contribution in [1.82, 2.24) is 9.97 Å². The number of oxazole rings is 2. The second kappa shape index (κ2) is 34.0. The molecule has 0 fully saturated rings. The minimum absolute atomic E-state index is 0. The molecule has 0 aliphatic heterocycles. The molecular formula is C56H69Cl4I2N4NaO7. The van der Waals surface area contributed by atoms with E-state index in [9.17, 15) is 9.59 Å². The van der Waals surface area contributed by atoms with Gasteiger partial charge in [0.25, 0.3) is 0 Å². The van der Waals surface area contributed by atoms with Crippen molar-refractivity contribution in [1.29, 1.82) is 0 Å². The molecule has 0 saturated heterocycles. The van der Waals surface area contributed by atoms with Gasteiger partial charge in [-0.25, -0.2) is 9.97 Å². The fourth-order valence-corrected chi connectivity index (χ4v) is 8.37. The molecule has 0 unspecified atom stereocenters. The van der Waals surface area contributed by atoms with Crippen molar-refractivity contribution in [3.05, 3.63) is 144 Å². The minimum atomic E-state index is -1.08. The topological polar surface area (TPSA) is 199 Å². The minimum Gasteiger partial charge on any atom is -0.550 e. The molecule has 2 heterocycles. The Kier molecular flexibility index (Phi) is 32.7. The number of nitrogens with two attached hydrogens (primary N) is 2. The molecule has 7 aromatic rings. The maximum atomic E-state index is 11.3. The van der Waals surface area contributed by atoms with Gasteiger partial charge in [0.2, 0.25) is 17.0 Å². The van der Waals surface area contributed by atoms with E-state index in [0.717, 1.165) is 57.2 Å². The Morgan fingerprint density at radius 2 is 0.919 bits per heavy atom.